The van der Waals surface area contributed by atoms with Crippen LogP contribution in [0.25, 0.3) is 0 Å². The van der Waals surface area contributed by atoms with Crippen LogP contribution in [0.3, 0.4) is 0 Å². The van der Waals surface area contributed by atoms with E-state index < -0.39 is 6.36 Å². The molecule has 1 aliphatic rings. The van der Waals surface area contributed by atoms with Crippen LogP contribution in [0.15, 0.2) is 18.2 Å². The fraction of sp³-hybridized carbons (Fsp3) is 0.667. The molecule has 1 aromatic rings. The lowest BCUT2D eigenvalue weighted by molar-refractivity contribution is -0.274. The average Bonchev–Trinajstić information content (AvgIpc) is 2.55. The Morgan fingerprint density at radius 2 is 1.74 bits per heavy atom. The molecule has 1 fully saturated rings. The Morgan fingerprint density at radius 3 is 2.26 bits per heavy atom. The zero-order valence-electron chi connectivity index (χ0n) is 15.8. The van der Waals surface area contributed by atoms with E-state index in [9.17, 15) is 13.2 Å². The summed E-state index contributed by atoms with van der Waals surface area (Å²) in [5.41, 5.74) is 0.916. The van der Waals surface area contributed by atoms with Gasteiger partial charge in [0.25, 0.3) is 0 Å². The molecule has 0 spiro atoms. The highest BCUT2D eigenvalue weighted by Gasteiger charge is 2.32. The largest absolute Gasteiger partial charge is 0.573 e. The number of methoxy groups -OCH3 is 1. The van der Waals surface area contributed by atoms with Gasteiger partial charge in [0.05, 0.1) is 7.11 Å². The number of benzene rings is 1. The summed E-state index contributed by atoms with van der Waals surface area (Å²) in [5, 5.41) is 3.33. The van der Waals surface area contributed by atoms with Crippen LogP contribution in [0.4, 0.5) is 13.2 Å². The first-order valence-corrected chi connectivity index (χ1v) is 8.68. The van der Waals surface area contributed by atoms with Crippen LogP contribution in [0.1, 0.15) is 38.3 Å². The van der Waals surface area contributed by atoms with Crippen LogP contribution in [0, 0.1) is 5.92 Å². The predicted octanol–water partition coefficient (Wildman–Crippen LogP) is 4.82. The summed E-state index contributed by atoms with van der Waals surface area (Å²) in [5.74, 6) is 0.745. The normalized spacial score (nSPS) is 16.3. The summed E-state index contributed by atoms with van der Waals surface area (Å²) in [6, 6.07) is 4.52. The summed E-state index contributed by atoms with van der Waals surface area (Å²) < 4.78 is 46.8. The van der Waals surface area contributed by atoms with Crippen LogP contribution in [0.2, 0.25) is 0 Å². The molecular formula is C18H29Cl2F3N2O2. The van der Waals surface area contributed by atoms with Gasteiger partial charge < -0.3 is 14.8 Å². The quantitative estimate of drug-likeness (QED) is 0.669. The molecule has 0 aliphatic carbocycles. The first-order valence-electron chi connectivity index (χ1n) is 8.68. The van der Waals surface area contributed by atoms with Gasteiger partial charge in [0, 0.05) is 43.9 Å². The lowest BCUT2D eigenvalue weighted by Crippen LogP contribution is -2.45. The molecule has 1 heterocycles. The van der Waals surface area contributed by atoms with Gasteiger partial charge in [0.15, 0.2) is 0 Å². The van der Waals surface area contributed by atoms with Crippen molar-refractivity contribution in [2.75, 3.05) is 33.3 Å². The monoisotopic (exact) mass is 432 g/mol. The van der Waals surface area contributed by atoms with Gasteiger partial charge in [-0.25, -0.2) is 0 Å². The highest BCUT2D eigenvalue weighted by atomic mass is 35.5. The van der Waals surface area contributed by atoms with E-state index in [1.165, 1.54) is 19.2 Å². The molecule has 0 radical (unpaired) electrons. The fourth-order valence-corrected chi connectivity index (χ4v) is 3.18. The third-order valence-electron chi connectivity index (χ3n) is 4.41. The summed E-state index contributed by atoms with van der Waals surface area (Å²) >= 11 is 0. The van der Waals surface area contributed by atoms with Gasteiger partial charge in [0.1, 0.15) is 11.5 Å². The zero-order chi connectivity index (χ0) is 18.4. The Labute approximate surface area is 171 Å². The summed E-state index contributed by atoms with van der Waals surface area (Å²) in [6.45, 7) is 7.99. The number of ether oxygens (including phenoxy) is 2. The van der Waals surface area contributed by atoms with Gasteiger partial charge in [0.2, 0.25) is 0 Å². The lowest BCUT2D eigenvalue weighted by Gasteiger charge is -2.36. The number of hydrogen-bond acceptors (Lipinski definition) is 4. The molecule has 1 aromatic carbocycles. The molecule has 0 unspecified atom stereocenters. The summed E-state index contributed by atoms with van der Waals surface area (Å²) in [6.07, 6.45) is -2.73. The Bertz CT molecular complexity index is 554. The molecule has 9 heteroatoms. The maximum absolute atomic E-state index is 12.5. The molecule has 27 heavy (non-hydrogen) atoms. The maximum Gasteiger partial charge on any atom is 0.573 e. The number of hydrogen-bond donors (Lipinski definition) is 1. The topological polar surface area (TPSA) is 33.7 Å². The van der Waals surface area contributed by atoms with Crippen molar-refractivity contribution in [2.24, 2.45) is 5.92 Å². The minimum atomic E-state index is -4.71. The minimum absolute atomic E-state index is 0. The lowest BCUT2D eigenvalue weighted by atomic mass is 9.95. The number of piperazine rings is 1. The number of nitrogens with zero attached hydrogens (tertiary/aromatic N) is 1. The molecule has 1 saturated heterocycles. The molecule has 1 atom stereocenters. The van der Waals surface area contributed by atoms with Gasteiger partial charge >= 0.3 is 6.36 Å². The van der Waals surface area contributed by atoms with E-state index in [0.29, 0.717) is 11.7 Å². The summed E-state index contributed by atoms with van der Waals surface area (Å²) in [4.78, 5) is 2.38. The average molecular weight is 433 g/mol. The highest BCUT2D eigenvalue weighted by Crippen LogP contribution is 2.37. The molecule has 158 valence electrons. The van der Waals surface area contributed by atoms with Crippen molar-refractivity contribution in [1.29, 1.82) is 0 Å². The van der Waals surface area contributed by atoms with E-state index in [4.69, 9.17) is 4.74 Å². The van der Waals surface area contributed by atoms with Crippen molar-refractivity contribution >= 4 is 24.8 Å². The fourth-order valence-electron chi connectivity index (χ4n) is 3.18. The van der Waals surface area contributed by atoms with Crippen molar-refractivity contribution in [1.82, 2.24) is 10.2 Å². The van der Waals surface area contributed by atoms with Gasteiger partial charge in [-0.05, 0) is 24.8 Å². The summed E-state index contributed by atoms with van der Waals surface area (Å²) in [7, 11) is 1.48. The van der Waals surface area contributed by atoms with Crippen LogP contribution < -0.4 is 14.8 Å². The van der Waals surface area contributed by atoms with E-state index >= 15 is 0 Å². The van der Waals surface area contributed by atoms with Crippen LogP contribution in [-0.4, -0.2) is 44.6 Å². The SMILES string of the molecule is COc1cc(OC(F)(F)F)ccc1[C@H](CCC(C)C)N1CCNCC1.Cl.Cl. The Kier molecular flexibility index (Phi) is 11.5. The second kappa shape index (κ2) is 11.8. The Hall–Kier alpha value is -0.890. The maximum atomic E-state index is 12.5. The van der Waals surface area contributed by atoms with Gasteiger partial charge in [-0.2, -0.15) is 0 Å². The van der Waals surface area contributed by atoms with Crippen LogP contribution in [-0.2, 0) is 0 Å². The number of halogens is 5. The van der Waals surface area contributed by atoms with Crippen molar-refractivity contribution < 1.29 is 22.6 Å². The molecule has 0 bridgehead atoms. The second-order valence-electron chi connectivity index (χ2n) is 6.72. The van der Waals surface area contributed by atoms with Crippen molar-refractivity contribution in [3.05, 3.63) is 23.8 Å². The number of rotatable bonds is 7. The zero-order valence-corrected chi connectivity index (χ0v) is 17.5. The van der Waals surface area contributed by atoms with Gasteiger partial charge in [-0.3, -0.25) is 4.90 Å². The molecule has 1 N–H and O–H groups in total. The van der Waals surface area contributed by atoms with E-state index in [2.05, 4.69) is 28.8 Å². The van der Waals surface area contributed by atoms with Crippen LogP contribution >= 0.6 is 24.8 Å². The Balaban J connectivity index is 0.00000338. The standard InChI is InChI=1S/C18H27F3N2O2.2ClH/c1-13(2)4-7-16(23-10-8-22-9-11-23)15-6-5-14(12-17(15)24-3)25-18(19,20)21;;/h5-6,12-13,16,22H,4,7-11H2,1-3H3;2*1H/t16-;;/m0../s1. The third kappa shape index (κ3) is 8.34. The van der Waals surface area contributed by atoms with Crippen molar-refractivity contribution in [3.8, 4) is 11.5 Å². The van der Waals surface area contributed by atoms with E-state index in [-0.39, 0.29) is 36.6 Å². The molecule has 0 aromatic heterocycles. The molecule has 1 aliphatic heterocycles. The van der Waals surface area contributed by atoms with Crippen LogP contribution in [0.5, 0.6) is 11.5 Å². The van der Waals surface area contributed by atoms with E-state index in [0.717, 1.165) is 44.6 Å². The molecule has 0 amide bonds. The number of nitrogens with one attached hydrogen (secondary N) is 1. The predicted molar refractivity (Wildman–Crippen MR) is 105 cm³/mol. The van der Waals surface area contributed by atoms with Gasteiger partial charge in [-0.1, -0.05) is 19.9 Å². The minimum Gasteiger partial charge on any atom is -0.496 e. The Morgan fingerprint density at radius 1 is 1.11 bits per heavy atom. The third-order valence-corrected chi connectivity index (χ3v) is 4.41. The smallest absolute Gasteiger partial charge is 0.496 e. The molecule has 0 saturated carbocycles. The van der Waals surface area contributed by atoms with E-state index in [1.54, 1.807) is 6.07 Å². The highest BCUT2D eigenvalue weighted by molar-refractivity contribution is 5.85. The second-order valence-corrected chi connectivity index (χ2v) is 6.72. The first kappa shape index (κ1) is 26.1. The molecular weight excluding hydrogens is 404 g/mol. The number of alkyl halides is 3. The van der Waals surface area contributed by atoms with Crippen molar-refractivity contribution in [3.63, 3.8) is 0 Å². The van der Waals surface area contributed by atoms with Crippen molar-refractivity contribution in [2.45, 2.75) is 39.1 Å². The molecule has 4 nitrogen and oxygen atoms in total. The van der Waals surface area contributed by atoms with E-state index in [1.807, 2.05) is 0 Å². The molecule has 2 rings (SSSR count). The van der Waals surface area contributed by atoms with Gasteiger partial charge in [-0.15, -0.1) is 38.0 Å². The first-order chi connectivity index (χ1) is 11.8.